The van der Waals surface area contributed by atoms with Gasteiger partial charge in [-0.15, -0.1) is 0 Å². The highest BCUT2D eigenvalue weighted by atomic mass is 19.3. The van der Waals surface area contributed by atoms with Crippen molar-refractivity contribution in [2.45, 2.75) is 32.4 Å². The van der Waals surface area contributed by atoms with Gasteiger partial charge in [-0.05, 0) is 31.5 Å². The molecule has 2 N–H and O–H groups in total. The van der Waals surface area contributed by atoms with Crippen LogP contribution in [-0.4, -0.2) is 29.8 Å². The lowest BCUT2D eigenvalue weighted by Gasteiger charge is -2.27. The Hall–Kier alpha value is -1.69. The van der Waals surface area contributed by atoms with Crippen LogP contribution in [0.4, 0.5) is 8.78 Å². The third-order valence-electron chi connectivity index (χ3n) is 2.87. The van der Waals surface area contributed by atoms with Gasteiger partial charge >= 0.3 is 6.61 Å². The minimum Gasteiger partial charge on any atom is -0.435 e. The zero-order chi connectivity index (χ0) is 14.5. The van der Waals surface area contributed by atoms with Crippen LogP contribution in [0.5, 0.6) is 5.75 Å². The summed E-state index contributed by atoms with van der Waals surface area (Å²) < 4.78 is 28.4. The van der Waals surface area contributed by atoms with Crippen LogP contribution in [0.3, 0.4) is 0 Å². The molecule has 0 aliphatic rings. The second-order valence-corrected chi connectivity index (χ2v) is 4.43. The van der Waals surface area contributed by atoms with Gasteiger partial charge in [0.1, 0.15) is 5.75 Å². The second-order valence-electron chi connectivity index (χ2n) is 4.43. The summed E-state index contributed by atoms with van der Waals surface area (Å²) in [4.78, 5) is 12.0. The van der Waals surface area contributed by atoms with E-state index in [2.05, 4.69) is 10.1 Å². The van der Waals surface area contributed by atoms with E-state index in [4.69, 9.17) is 0 Å². The molecule has 1 atom stereocenters. The van der Waals surface area contributed by atoms with Crippen LogP contribution in [0.1, 0.15) is 30.6 Å². The average molecular weight is 273 g/mol. The summed E-state index contributed by atoms with van der Waals surface area (Å²) in [6, 6.07) is 5.51. The molecule has 0 fully saturated rings. The third kappa shape index (κ3) is 4.48. The molecule has 0 aliphatic heterocycles. The SMILES string of the molecule is CCC(C)(CO)NC(=O)c1cccc(OC(F)F)c1. The Morgan fingerprint density at radius 3 is 2.74 bits per heavy atom. The first-order valence-electron chi connectivity index (χ1n) is 5.88. The predicted molar refractivity (Wildman–Crippen MR) is 66.3 cm³/mol. The van der Waals surface area contributed by atoms with E-state index in [1.54, 1.807) is 6.92 Å². The normalized spacial score (nSPS) is 14.0. The van der Waals surface area contributed by atoms with Gasteiger partial charge in [-0.3, -0.25) is 4.79 Å². The number of carbonyl (C=O) groups is 1. The van der Waals surface area contributed by atoms with Crippen LogP contribution >= 0.6 is 0 Å². The number of amides is 1. The van der Waals surface area contributed by atoms with Crippen molar-refractivity contribution in [2.75, 3.05) is 6.61 Å². The van der Waals surface area contributed by atoms with Crippen molar-refractivity contribution in [2.24, 2.45) is 0 Å². The lowest BCUT2D eigenvalue weighted by molar-refractivity contribution is -0.0498. The smallest absolute Gasteiger partial charge is 0.387 e. The Balaban J connectivity index is 2.82. The van der Waals surface area contributed by atoms with Crippen LogP contribution in [0.15, 0.2) is 24.3 Å². The van der Waals surface area contributed by atoms with Gasteiger partial charge in [-0.1, -0.05) is 13.0 Å². The fraction of sp³-hybridized carbons (Fsp3) is 0.462. The maximum atomic E-state index is 12.1. The Labute approximate surface area is 110 Å². The van der Waals surface area contributed by atoms with Crippen molar-refractivity contribution in [3.05, 3.63) is 29.8 Å². The van der Waals surface area contributed by atoms with Crippen molar-refractivity contribution >= 4 is 5.91 Å². The number of hydrogen-bond donors (Lipinski definition) is 2. The molecule has 106 valence electrons. The summed E-state index contributed by atoms with van der Waals surface area (Å²) in [5.41, 5.74) is -0.539. The summed E-state index contributed by atoms with van der Waals surface area (Å²) in [6.45, 7) is 0.386. The van der Waals surface area contributed by atoms with Crippen LogP contribution in [-0.2, 0) is 0 Å². The summed E-state index contributed by atoms with van der Waals surface area (Å²) >= 11 is 0. The Bertz CT molecular complexity index is 434. The lowest BCUT2D eigenvalue weighted by Crippen LogP contribution is -2.48. The molecule has 0 saturated heterocycles. The van der Waals surface area contributed by atoms with E-state index in [0.717, 1.165) is 0 Å². The molecule has 4 nitrogen and oxygen atoms in total. The minimum absolute atomic E-state index is 0.0788. The van der Waals surface area contributed by atoms with E-state index in [9.17, 15) is 18.7 Å². The van der Waals surface area contributed by atoms with Gasteiger partial charge in [0, 0.05) is 5.56 Å². The number of nitrogens with one attached hydrogen (secondary N) is 1. The quantitative estimate of drug-likeness (QED) is 0.835. The van der Waals surface area contributed by atoms with Crippen LogP contribution in [0, 0.1) is 0 Å². The maximum absolute atomic E-state index is 12.1. The van der Waals surface area contributed by atoms with Gasteiger partial charge < -0.3 is 15.2 Å². The van der Waals surface area contributed by atoms with Crippen molar-refractivity contribution in [3.8, 4) is 5.75 Å². The second kappa shape index (κ2) is 6.47. The van der Waals surface area contributed by atoms with Gasteiger partial charge in [0.2, 0.25) is 0 Å². The van der Waals surface area contributed by atoms with E-state index < -0.39 is 18.1 Å². The van der Waals surface area contributed by atoms with Crippen molar-refractivity contribution in [1.29, 1.82) is 0 Å². The van der Waals surface area contributed by atoms with Crippen LogP contribution < -0.4 is 10.1 Å². The highest BCUT2D eigenvalue weighted by Gasteiger charge is 2.24. The van der Waals surface area contributed by atoms with Crippen LogP contribution in [0.2, 0.25) is 0 Å². The summed E-state index contributed by atoms with van der Waals surface area (Å²) in [5.74, 6) is -0.525. The third-order valence-corrected chi connectivity index (χ3v) is 2.87. The monoisotopic (exact) mass is 273 g/mol. The molecule has 0 heterocycles. The fourth-order valence-corrected chi connectivity index (χ4v) is 1.40. The summed E-state index contributed by atoms with van der Waals surface area (Å²) in [5, 5.41) is 11.9. The molecule has 6 heteroatoms. The van der Waals surface area contributed by atoms with Crippen molar-refractivity contribution in [3.63, 3.8) is 0 Å². The average Bonchev–Trinajstić information content (AvgIpc) is 2.38. The van der Waals surface area contributed by atoms with E-state index in [-0.39, 0.29) is 17.9 Å². The van der Waals surface area contributed by atoms with E-state index >= 15 is 0 Å². The van der Waals surface area contributed by atoms with Gasteiger partial charge in [0.25, 0.3) is 5.91 Å². The number of aliphatic hydroxyl groups is 1. The molecule has 0 bridgehead atoms. The van der Waals surface area contributed by atoms with Crippen molar-refractivity contribution in [1.82, 2.24) is 5.32 Å². The van der Waals surface area contributed by atoms with Gasteiger partial charge in [-0.2, -0.15) is 8.78 Å². The molecular formula is C13H17F2NO3. The highest BCUT2D eigenvalue weighted by molar-refractivity contribution is 5.95. The molecule has 1 aromatic carbocycles. The number of aliphatic hydroxyl groups excluding tert-OH is 1. The number of hydrogen-bond acceptors (Lipinski definition) is 3. The molecular weight excluding hydrogens is 256 g/mol. The first kappa shape index (κ1) is 15.4. The molecule has 0 aliphatic carbocycles. The number of halogens is 2. The first-order chi connectivity index (χ1) is 8.90. The standard InChI is InChI=1S/C13H17F2NO3/c1-3-13(2,8-17)16-11(18)9-5-4-6-10(7-9)19-12(14)15/h4-7,12,17H,3,8H2,1-2H3,(H,16,18). The zero-order valence-corrected chi connectivity index (χ0v) is 10.8. The minimum atomic E-state index is -2.93. The zero-order valence-electron chi connectivity index (χ0n) is 10.8. The molecule has 1 amide bonds. The highest BCUT2D eigenvalue weighted by Crippen LogP contribution is 2.17. The Kier molecular flexibility index (Phi) is 5.23. The topological polar surface area (TPSA) is 58.6 Å². The molecule has 0 radical (unpaired) electrons. The fourth-order valence-electron chi connectivity index (χ4n) is 1.40. The van der Waals surface area contributed by atoms with Gasteiger partial charge in [0.15, 0.2) is 0 Å². The maximum Gasteiger partial charge on any atom is 0.387 e. The molecule has 0 saturated carbocycles. The molecule has 19 heavy (non-hydrogen) atoms. The van der Waals surface area contributed by atoms with Gasteiger partial charge in [0.05, 0.1) is 12.1 Å². The summed E-state index contributed by atoms with van der Waals surface area (Å²) in [6.07, 6.45) is 0.544. The number of alkyl halides is 2. The largest absolute Gasteiger partial charge is 0.435 e. The lowest BCUT2D eigenvalue weighted by atomic mass is 9.99. The number of ether oxygens (including phenoxy) is 1. The molecule has 1 aromatic rings. The Morgan fingerprint density at radius 1 is 1.53 bits per heavy atom. The first-order valence-corrected chi connectivity index (χ1v) is 5.88. The van der Waals surface area contributed by atoms with Crippen LogP contribution in [0.25, 0.3) is 0 Å². The molecule has 0 spiro atoms. The summed E-state index contributed by atoms with van der Waals surface area (Å²) in [7, 11) is 0. The Morgan fingerprint density at radius 2 is 2.21 bits per heavy atom. The van der Waals surface area contributed by atoms with E-state index in [1.165, 1.54) is 24.3 Å². The molecule has 1 rings (SSSR count). The van der Waals surface area contributed by atoms with Crippen molar-refractivity contribution < 1.29 is 23.4 Å². The predicted octanol–water partition coefficient (Wildman–Crippen LogP) is 2.18. The van der Waals surface area contributed by atoms with Gasteiger partial charge in [-0.25, -0.2) is 0 Å². The number of rotatable bonds is 6. The molecule has 0 aromatic heterocycles. The number of carbonyl (C=O) groups excluding carboxylic acids is 1. The van der Waals surface area contributed by atoms with E-state index in [1.807, 2.05) is 6.92 Å². The molecule has 1 unspecified atom stereocenters. The number of benzene rings is 1. The van der Waals surface area contributed by atoms with E-state index in [0.29, 0.717) is 6.42 Å².